The van der Waals surface area contributed by atoms with Gasteiger partial charge in [-0.15, -0.1) is 0 Å². The number of aromatic nitrogens is 2. The van der Waals surface area contributed by atoms with Crippen LogP contribution < -0.4 is 15.1 Å². The Morgan fingerprint density at radius 3 is 2.73 bits per heavy atom. The van der Waals surface area contributed by atoms with Gasteiger partial charge in [0.05, 0.1) is 12.4 Å². The van der Waals surface area contributed by atoms with Gasteiger partial charge in [-0.25, -0.2) is 0 Å². The van der Waals surface area contributed by atoms with Crippen molar-refractivity contribution in [1.82, 2.24) is 15.1 Å². The highest BCUT2D eigenvalue weighted by molar-refractivity contribution is 5.96. The largest absolute Gasteiger partial charge is 0.329 e. The number of aromatic amines is 1. The lowest BCUT2D eigenvalue weighted by molar-refractivity contribution is 0.814. The third-order valence-electron chi connectivity index (χ3n) is 4.98. The molecule has 1 aliphatic carbocycles. The molecule has 0 saturated heterocycles. The summed E-state index contributed by atoms with van der Waals surface area (Å²) in [5.74, 6) is 3.47. The maximum atomic E-state index is 4.52. The summed E-state index contributed by atoms with van der Waals surface area (Å²) in [6.07, 6.45) is 8.48. The number of benzene rings is 1. The Morgan fingerprint density at radius 2 is 1.96 bits per heavy atom. The monoisotopic (exact) mass is 346 g/mol. The average Bonchev–Trinajstić information content (AvgIpc) is 3.15. The van der Waals surface area contributed by atoms with Gasteiger partial charge in [0.1, 0.15) is 6.54 Å². The number of aliphatic imine (C=N–C) groups is 1. The molecule has 1 radical (unpaired) electrons. The van der Waals surface area contributed by atoms with E-state index in [-0.39, 0.29) is 0 Å². The van der Waals surface area contributed by atoms with Gasteiger partial charge in [0.2, 0.25) is 0 Å². The van der Waals surface area contributed by atoms with Gasteiger partial charge in [-0.2, -0.15) is 10.1 Å². The van der Waals surface area contributed by atoms with Gasteiger partial charge < -0.3 is 4.90 Å². The van der Waals surface area contributed by atoms with E-state index in [2.05, 4.69) is 74.6 Å². The molecule has 2 aliphatic heterocycles. The van der Waals surface area contributed by atoms with E-state index in [4.69, 9.17) is 0 Å². The Balaban J connectivity index is 1.47. The van der Waals surface area contributed by atoms with Crippen molar-refractivity contribution in [3.8, 4) is 0 Å². The summed E-state index contributed by atoms with van der Waals surface area (Å²) in [4.78, 5) is 8.85. The van der Waals surface area contributed by atoms with Gasteiger partial charge in [-0.1, -0.05) is 6.07 Å². The van der Waals surface area contributed by atoms with Crippen molar-refractivity contribution in [1.29, 1.82) is 0 Å². The second-order valence-corrected chi connectivity index (χ2v) is 7.31. The van der Waals surface area contributed by atoms with Crippen molar-refractivity contribution in [2.75, 3.05) is 16.8 Å². The number of rotatable bonds is 4. The van der Waals surface area contributed by atoms with E-state index in [1.807, 2.05) is 12.4 Å². The van der Waals surface area contributed by atoms with Gasteiger partial charge in [0.15, 0.2) is 12.0 Å². The van der Waals surface area contributed by atoms with E-state index < -0.39 is 0 Å². The number of nitrogens with one attached hydrogen (secondary N) is 2. The van der Waals surface area contributed by atoms with Crippen molar-refractivity contribution in [3.05, 3.63) is 65.5 Å². The maximum Gasteiger partial charge on any atom is 0.284 e. The quantitative estimate of drug-likeness (QED) is 0.831. The Morgan fingerprint density at radius 1 is 1.15 bits per heavy atom. The first-order chi connectivity index (χ1) is 12.7. The predicted molar refractivity (Wildman–Crippen MR) is 104 cm³/mol. The second-order valence-electron chi connectivity index (χ2n) is 7.31. The smallest absolute Gasteiger partial charge is 0.284 e. The number of aryl methyl sites for hydroxylation is 2. The first-order valence-electron chi connectivity index (χ1n) is 9.07. The maximum absolute atomic E-state index is 4.52. The van der Waals surface area contributed by atoms with Crippen molar-refractivity contribution in [2.24, 2.45) is 4.99 Å². The fourth-order valence-corrected chi connectivity index (χ4v) is 3.59. The van der Waals surface area contributed by atoms with Crippen molar-refractivity contribution in [2.45, 2.75) is 32.6 Å². The van der Waals surface area contributed by atoms with Gasteiger partial charge in [0.25, 0.3) is 11.7 Å². The average molecular weight is 346 g/mol. The van der Waals surface area contributed by atoms with Crippen LogP contribution in [0.1, 0.15) is 35.6 Å². The van der Waals surface area contributed by atoms with Crippen LogP contribution in [0.2, 0.25) is 0 Å². The number of hydrogen-bond acceptors (Lipinski definition) is 5. The minimum atomic E-state index is 0.661. The first-order valence-corrected chi connectivity index (χ1v) is 9.07. The fraction of sp³-hybridized carbons (Fsp3) is 0.300. The van der Waals surface area contributed by atoms with E-state index in [0.717, 1.165) is 24.0 Å². The van der Waals surface area contributed by atoms with Crippen LogP contribution in [-0.2, 0) is 0 Å². The Hall–Kier alpha value is -2.86. The molecule has 5 rings (SSSR count). The van der Waals surface area contributed by atoms with Crippen LogP contribution >= 0.6 is 0 Å². The number of fused-ring (bicyclic) bond motifs is 1. The van der Waals surface area contributed by atoms with Crippen molar-refractivity contribution in [3.63, 3.8) is 0 Å². The minimum Gasteiger partial charge on any atom is -0.329 e. The Kier molecular flexibility index (Phi) is 3.46. The molecule has 0 atom stereocenters. The SMILES string of the molecule is Cc1cc(C)cc(N2C=C(Nc3cc(C4CC4)[nH]n3)[N+]3C=CN=C3C2)c1. The van der Waals surface area contributed by atoms with Crippen molar-refractivity contribution < 1.29 is 0 Å². The molecule has 0 unspecified atom stereocenters. The molecular weight excluding hydrogens is 324 g/mol. The van der Waals surface area contributed by atoms with Crippen LogP contribution in [0.5, 0.6) is 0 Å². The van der Waals surface area contributed by atoms with E-state index in [1.165, 1.54) is 35.3 Å². The predicted octanol–water partition coefficient (Wildman–Crippen LogP) is 3.66. The second kappa shape index (κ2) is 5.85. The highest BCUT2D eigenvalue weighted by Crippen LogP contribution is 2.39. The molecule has 0 spiro atoms. The lowest BCUT2D eigenvalue weighted by Gasteiger charge is -2.25. The van der Waals surface area contributed by atoms with Crippen LogP contribution in [0.3, 0.4) is 0 Å². The molecule has 0 bridgehead atoms. The summed E-state index contributed by atoms with van der Waals surface area (Å²) in [6.45, 7) is 5.01. The molecule has 0 amide bonds. The Labute approximate surface area is 152 Å². The zero-order valence-electron chi connectivity index (χ0n) is 15.0. The van der Waals surface area contributed by atoms with Crippen LogP contribution in [0.4, 0.5) is 11.5 Å². The minimum absolute atomic E-state index is 0.661. The molecule has 2 aromatic rings. The van der Waals surface area contributed by atoms with Crippen LogP contribution in [0.25, 0.3) is 0 Å². The summed E-state index contributed by atoms with van der Waals surface area (Å²) in [5.41, 5.74) is 4.93. The number of H-pyrrole nitrogens is 1. The van der Waals surface area contributed by atoms with Gasteiger partial charge in [-0.3, -0.25) is 10.4 Å². The fourth-order valence-electron chi connectivity index (χ4n) is 3.59. The van der Waals surface area contributed by atoms with E-state index in [0.29, 0.717) is 5.92 Å². The third kappa shape index (κ3) is 2.82. The molecular formula is C20H22N6+. The van der Waals surface area contributed by atoms with Gasteiger partial charge >= 0.3 is 0 Å². The first kappa shape index (κ1) is 15.4. The number of nitrogens with zero attached hydrogens (tertiary/aromatic N) is 4. The molecule has 26 heavy (non-hydrogen) atoms. The Bertz CT molecular complexity index is 927. The van der Waals surface area contributed by atoms with Crippen LogP contribution in [0, 0.1) is 13.8 Å². The van der Waals surface area contributed by atoms with Crippen molar-refractivity contribution >= 4 is 17.3 Å². The van der Waals surface area contributed by atoms with E-state index >= 15 is 0 Å². The van der Waals surface area contributed by atoms with Gasteiger partial charge in [-0.05, 0) is 54.8 Å². The topological polar surface area (TPSA) is 62.2 Å². The molecule has 1 aromatic heterocycles. The van der Waals surface area contributed by atoms with Crippen LogP contribution in [-0.4, -0.2) is 22.6 Å². The molecule has 6 nitrogen and oxygen atoms in total. The summed E-state index contributed by atoms with van der Waals surface area (Å²) < 4.78 is 0. The molecule has 1 fully saturated rings. The lowest BCUT2D eigenvalue weighted by Crippen LogP contribution is -2.45. The highest BCUT2D eigenvalue weighted by Gasteiger charge is 2.37. The van der Waals surface area contributed by atoms with Crippen LogP contribution in [0.15, 0.2) is 53.7 Å². The van der Waals surface area contributed by atoms with Gasteiger partial charge in [0, 0.05) is 23.4 Å². The zero-order chi connectivity index (χ0) is 17.7. The molecule has 131 valence electrons. The van der Waals surface area contributed by atoms with E-state index in [1.54, 1.807) is 0 Å². The molecule has 1 aromatic carbocycles. The number of amidine groups is 1. The summed E-state index contributed by atoms with van der Waals surface area (Å²) in [6, 6.07) is 8.73. The summed E-state index contributed by atoms with van der Waals surface area (Å²) in [7, 11) is 0. The molecule has 2 N–H and O–H groups in total. The summed E-state index contributed by atoms with van der Waals surface area (Å²) in [5, 5.41) is 11.0. The standard InChI is InChI=1S/C20H22N6/c1-13-7-14(2)9-16(8-13)25-11-19-21-5-6-26(19)20(12-25)22-18-10-17(23-24-18)15-3-4-15/h5-10,12,15H,3-4,11H2,1-2H3,(H2,22,23,24)/q+1. The van der Waals surface area contributed by atoms with E-state index in [9.17, 15) is 0 Å². The third-order valence-corrected chi connectivity index (χ3v) is 4.98. The molecule has 1 saturated carbocycles. The zero-order valence-corrected chi connectivity index (χ0v) is 15.0. The number of anilines is 2. The molecule has 3 heterocycles. The lowest BCUT2D eigenvalue weighted by atomic mass is 10.1. The number of hydrogen-bond donors (Lipinski definition) is 2. The molecule has 6 heteroatoms. The highest BCUT2D eigenvalue weighted by atomic mass is 15.4. The summed E-state index contributed by atoms with van der Waals surface area (Å²) >= 11 is 0. The normalized spacial score (nSPS) is 19.4. The molecule has 3 aliphatic rings.